The molecule has 0 amide bonds. The Bertz CT molecular complexity index is 684. The fourth-order valence-electron chi connectivity index (χ4n) is 5.04. The maximum absolute atomic E-state index is 14.7. The van der Waals surface area contributed by atoms with E-state index in [1.54, 1.807) is 12.1 Å². The van der Waals surface area contributed by atoms with Gasteiger partial charge in [0.25, 0.3) is 0 Å². The molecule has 2 saturated carbocycles. The van der Waals surface area contributed by atoms with Gasteiger partial charge >= 0.3 is 0 Å². The minimum atomic E-state index is -0.823. The summed E-state index contributed by atoms with van der Waals surface area (Å²) in [6.45, 7) is 2.85. The second-order valence-electron chi connectivity index (χ2n) is 9.13. The minimum absolute atomic E-state index is 0.0637. The molecule has 0 aromatic heterocycles. The van der Waals surface area contributed by atoms with Gasteiger partial charge in [-0.05, 0) is 86.3 Å². The van der Waals surface area contributed by atoms with Gasteiger partial charge in [-0.2, -0.15) is 4.39 Å². The number of ether oxygens (including phenoxy) is 1. The number of rotatable bonds is 5. The lowest BCUT2D eigenvalue weighted by molar-refractivity contribution is 0.174. The zero-order valence-corrected chi connectivity index (χ0v) is 16.5. The summed E-state index contributed by atoms with van der Waals surface area (Å²) in [6.07, 6.45) is 14.0. The van der Waals surface area contributed by atoms with Crippen molar-refractivity contribution in [1.82, 2.24) is 0 Å². The Morgan fingerprint density at radius 1 is 0.926 bits per heavy atom. The smallest absolute Gasteiger partial charge is 0.201 e. The molecule has 1 aromatic carbocycles. The third kappa shape index (κ3) is 4.22. The van der Waals surface area contributed by atoms with Crippen molar-refractivity contribution in [3.8, 4) is 5.75 Å². The number of hydrogen-bond acceptors (Lipinski definition) is 1. The molecular weight excluding hydrogens is 342 g/mol. The average molecular weight is 375 g/mol. The Morgan fingerprint density at radius 2 is 1.70 bits per heavy atom. The van der Waals surface area contributed by atoms with Crippen LogP contribution < -0.4 is 4.74 Å². The van der Waals surface area contributed by atoms with E-state index in [2.05, 4.69) is 13.0 Å². The van der Waals surface area contributed by atoms with Gasteiger partial charge in [0.2, 0.25) is 5.82 Å². The summed E-state index contributed by atoms with van der Waals surface area (Å²) < 4.78 is 34.7. The Labute approximate surface area is 162 Å². The summed E-state index contributed by atoms with van der Waals surface area (Å²) >= 11 is 0. The van der Waals surface area contributed by atoms with Crippen LogP contribution in [0.5, 0.6) is 5.75 Å². The highest BCUT2D eigenvalue weighted by atomic mass is 19.2. The molecule has 0 saturated heterocycles. The number of hydrogen-bond donors (Lipinski definition) is 0. The van der Waals surface area contributed by atoms with Crippen LogP contribution in [-0.2, 0) is 0 Å². The van der Waals surface area contributed by atoms with Crippen LogP contribution in [0.3, 0.4) is 0 Å². The molecule has 3 heteroatoms. The maximum Gasteiger partial charge on any atom is 0.201 e. The molecule has 0 N–H and O–H groups in total. The molecule has 1 nitrogen and oxygen atoms in total. The number of allylic oxidation sites excluding steroid dienone is 2. The fraction of sp³-hybridized carbons (Fsp3) is 0.667. The molecular formula is C24H32F2O. The molecule has 0 heterocycles. The van der Waals surface area contributed by atoms with Crippen molar-refractivity contribution >= 4 is 5.57 Å². The molecule has 3 aliphatic rings. The van der Waals surface area contributed by atoms with Crippen molar-refractivity contribution in [2.75, 3.05) is 6.61 Å². The van der Waals surface area contributed by atoms with E-state index in [4.69, 9.17) is 4.74 Å². The number of halogens is 2. The Kier molecular flexibility index (Phi) is 5.85. The topological polar surface area (TPSA) is 9.23 Å². The maximum atomic E-state index is 14.7. The van der Waals surface area contributed by atoms with Crippen molar-refractivity contribution in [2.24, 2.45) is 23.7 Å². The van der Waals surface area contributed by atoms with Gasteiger partial charge in [-0.1, -0.05) is 32.3 Å². The summed E-state index contributed by atoms with van der Waals surface area (Å²) in [7, 11) is 0. The third-order valence-corrected chi connectivity index (χ3v) is 7.27. The second-order valence-corrected chi connectivity index (χ2v) is 9.13. The van der Waals surface area contributed by atoms with Gasteiger partial charge in [-0.25, -0.2) is 4.39 Å². The highest BCUT2D eigenvalue weighted by molar-refractivity contribution is 5.67. The van der Waals surface area contributed by atoms with Crippen LogP contribution in [0.4, 0.5) is 8.78 Å². The highest BCUT2D eigenvalue weighted by Gasteiger charge is 2.28. The summed E-state index contributed by atoms with van der Waals surface area (Å²) in [4.78, 5) is 0. The monoisotopic (exact) mass is 374 g/mol. The van der Waals surface area contributed by atoms with E-state index >= 15 is 0 Å². The van der Waals surface area contributed by atoms with Crippen LogP contribution in [-0.4, -0.2) is 6.61 Å². The van der Waals surface area contributed by atoms with Gasteiger partial charge in [0, 0.05) is 5.56 Å². The van der Waals surface area contributed by atoms with Crippen LogP contribution >= 0.6 is 0 Å². The Hall–Kier alpha value is -1.38. The molecule has 1 unspecified atom stereocenters. The van der Waals surface area contributed by atoms with E-state index in [0.29, 0.717) is 18.1 Å². The van der Waals surface area contributed by atoms with Gasteiger partial charge in [0.1, 0.15) is 0 Å². The summed E-state index contributed by atoms with van der Waals surface area (Å²) in [5.41, 5.74) is 1.40. The Morgan fingerprint density at radius 3 is 2.33 bits per heavy atom. The van der Waals surface area contributed by atoms with Crippen molar-refractivity contribution in [3.05, 3.63) is 35.4 Å². The van der Waals surface area contributed by atoms with Gasteiger partial charge in [0.15, 0.2) is 11.6 Å². The molecule has 0 bridgehead atoms. The Balaban J connectivity index is 1.40. The fourth-order valence-corrected chi connectivity index (χ4v) is 5.04. The third-order valence-electron chi connectivity index (χ3n) is 7.27. The summed E-state index contributed by atoms with van der Waals surface area (Å²) in [5.74, 6) is 1.43. The van der Waals surface area contributed by atoms with E-state index in [0.717, 1.165) is 55.4 Å². The molecule has 0 radical (unpaired) electrons. The minimum Gasteiger partial charge on any atom is -0.490 e. The van der Waals surface area contributed by atoms with E-state index in [9.17, 15) is 8.78 Å². The standard InChI is InChI=1S/C24H32F2O/c1-16-5-7-18(8-6-16)19-9-11-20(12-10-19)21-13-14-22(24(26)23(21)25)27-15-17-3-2-4-17/h11,13-14,16-19H,2-10,12,15H2,1H3. The van der Waals surface area contributed by atoms with E-state index in [1.165, 1.54) is 32.1 Å². The molecule has 4 rings (SSSR count). The van der Waals surface area contributed by atoms with Gasteiger partial charge in [0.05, 0.1) is 6.61 Å². The largest absolute Gasteiger partial charge is 0.490 e. The van der Waals surface area contributed by atoms with Crippen molar-refractivity contribution < 1.29 is 13.5 Å². The first-order valence-electron chi connectivity index (χ1n) is 10.9. The van der Waals surface area contributed by atoms with Gasteiger partial charge in [-0.15, -0.1) is 0 Å². The molecule has 1 aromatic rings. The highest BCUT2D eigenvalue weighted by Crippen LogP contribution is 2.42. The lowest BCUT2D eigenvalue weighted by Gasteiger charge is -2.34. The first kappa shape index (κ1) is 19.0. The zero-order valence-electron chi connectivity index (χ0n) is 16.5. The van der Waals surface area contributed by atoms with Crippen molar-refractivity contribution in [2.45, 2.75) is 71.1 Å². The van der Waals surface area contributed by atoms with Gasteiger partial charge < -0.3 is 4.74 Å². The quantitative estimate of drug-likeness (QED) is 0.531. The summed E-state index contributed by atoms with van der Waals surface area (Å²) in [6, 6.07) is 3.32. The normalized spacial score (nSPS) is 29.1. The molecule has 3 aliphatic carbocycles. The molecule has 148 valence electrons. The van der Waals surface area contributed by atoms with Crippen molar-refractivity contribution in [1.29, 1.82) is 0 Å². The van der Waals surface area contributed by atoms with Crippen molar-refractivity contribution in [3.63, 3.8) is 0 Å². The lowest BCUT2D eigenvalue weighted by Crippen LogP contribution is -2.22. The number of benzene rings is 1. The van der Waals surface area contributed by atoms with Crippen LogP contribution in [0.25, 0.3) is 5.57 Å². The zero-order chi connectivity index (χ0) is 18.8. The molecule has 1 atom stereocenters. The second kappa shape index (κ2) is 8.32. The first-order valence-corrected chi connectivity index (χ1v) is 10.9. The van der Waals surface area contributed by atoms with E-state index in [1.807, 2.05) is 0 Å². The van der Waals surface area contributed by atoms with E-state index in [-0.39, 0.29) is 5.75 Å². The summed E-state index contributed by atoms with van der Waals surface area (Å²) in [5, 5.41) is 0. The van der Waals surface area contributed by atoms with Crippen LogP contribution in [0, 0.1) is 35.3 Å². The van der Waals surface area contributed by atoms with Crippen LogP contribution in [0.1, 0.15) is 76.7 Å². The van der Waals surface area contributed by atoms with Crippen LogP contribution in [0.15, 0.2) is 18.2 Å². The average Bonchev–Trinajstić information content (AvgIpc) is 2.65. The molecule has 27 heavy (non-hydrogen) atoms. The SMILES string of the molecule is CC1CCC(C2CC=C(c3ccc(OCC4CCC4)c(F)c3F)CC2)CC1. The van der Waals surface area contributed by atoms with Crippen LogP contribution in [0.2, 0.25) is 0 Å². The predicted octanol–water partition coefficient (Wildman–Crippen LogP) is 7.15. The lowest BCUT2D eigenvalue weighted by atomic mass is 9.71. The first-order chi connectivity index (χ1) is 13.1. The molecule has 0 spiro atoms. The molecule has 2 fully saturated rings. The van der Waals surface area contributed by atoms with Gasteiger partial charge in [-0.3, -0.25) is 0 Å². The van der Waals surface area contributed by atoms with E-state index < -0.39 is 11.6 Å². The molecule has 0 aliphatic heterocycles. The predicted molar refractivity (Wildman–Crippen MR) is 106 cm³/mol.